The van der Waals surface area contributed by atoms with Gasteiger partial charge in [0.2, 0.25) is 0 Å². The Kier molecular flexibility index (Phi) is 7.42. The zero-order valence-corrected chi connectivity index (χ0v) is 30.9. The number of aromatic nitrogens is 4. The Morgan fingerprint density at radius 1 is 0.357 bits per heavy atom. The molecule has 0 aliphatic rings. The SMILES string of the molecule is CCc1ccc2c(c1)c1cc(-c3ccc4c(c3)c3ccccc3n4-c3ccccc3)ccc1n2-c1ccc(-c2nc3ccccc3nc2-c2ccccc2)cc1. The standard InChI is InChI=1S/C52H36N4/c1-2-34-21-28-48-42(31-34)44-33-38(37-24-29-49-43(32-37)41-17-9-12-20-47(41)55(49)39-15-7-4-8-16-39)25-30-50(44)56(48)40-26-22-36(23-27-40)52-51(35-13-5-3-6-14-35)53-45-18-10-11-19-46(45)54-52/h3-33H,2H2,1H3. The zero-order chi connectivity index (χ0) is 37.2. The fourth-order valence-electron chi connectivity index (χ4n) is 8.52. The molecule has 8 aromatic carbocycles. The highest BCUT2D eigenvalue weighted by Crippen LogP contribution is 2.39. The van der Waals surface area contributed by atoms with Crippen LogP contribution in [0, 0.1) is 0 Å². The quantitative estimate of drug-likeness (QED) is 0.172. The first kappa shape index (κ1) is 32.2. The van der Waals surface area contributed by atoms with E-state index in [1.54, 1.807) is 0 Å². The zero-order valence-electron chi connectivity index (χ0n) is 30.9. The van der Waals surface area contributed by atoms with Gasteiger partial charge >= 0.3 is 0 Å². The van der Waals surface area contributed by atoms with Crippen LogP contribution in [0.5, 0.6) is 0 Å². The molecule has 0 amide bonds. The molecule has 264 valence electrons. The molecule has 0 aliphatic carbocycles. The van der Waals surface area contributed by atoms with Crippen LogP contribution in [0.2, 0.25) is 0 Å². The van der Waals surface area contributed by atoms with E-state index >= 15 is 0 Å². The molecule has 0 saturated heterocycles. The van der Waals surface area contributed by atoms with E-state index in [-0.39, 0.29) is 0 Å². The lowest BCUT2D eigenvalue weighted by Gasteiger charge is -2.13. The Morgan fingerprint density at radius 3 is 1.43 bits per heavy atom. The van der Waals surface area contributed by atoms with Gasteiger partial charge in [0.1, 0.15) is 0 Å². The molecular formula is C52H36N4. The van der Waals surface area contributed by atoms with Crippen molar-refractivity contribution in [1.29, 1.82) is 0 Å². The number of fused-ring (bicyclic) bond motifs is 7. The van der Waals surface area contributed by atoms with Gasteiger partial charge in [0, 0.05) is 44.0 Å². The van der Waals surface area contributed by atoms with Crippen molar-refractivity contribution in [3.05, 3.63) is 194 Å². The largest absolute Gasteiger partial charge is 0.309 e. The summed E-state index contributed by atoms with van der Waals surface area (Å²) in [6.07, 6.45) is 0.982. The molecular weight excluding hydrogens is 681 g/mol. The van der Waals surface area contributed by atoms with Gasteiger partial charge in [-0.2, -0.15) is 0 Å². The minimum absolute atomic E-state index is 0.879. The third kappa shape index (κ3) is 5.14. The summed E-state index contributed by atoms with van der Waals surface area (Å²) in [6, 6.07) is 67.5. The fourth-order valence-corrected chi connectivity index (χ4v) is 8.52. The summed E-state index contributed by atoms with van der Waals surface area (Å²) in [6.45, 7) is 2.23. The summed E-state index contributed by atoms with van der Waals surface area (Å²) in [5.41, 5.74) is 16.4. The van der Waals surface area contributed by atoms with Crippen molar-refractivity contribution in [2.45, 2.75) is 13.3 Å². The van der Waals surface area contributed by atoms with Crippen LogP contribution in [-0.2, 0) is 6.42 Å². The lowest BCUT2D eigenvalue weighted by Crippen LogP contribution is -1.97. The van der Waals surface area contributed by atoms with Crippen LogP contribution in [-0.4, -0.2) is 19.1 Å². The van der Waals surface area contributed by atoms with E-state index in [9.17, 15) is 0 Å². The first-order chi connectivity index (χ1) is 27.7. The molecule has 11 aromatic rings. The predicted molar refractivity (Wildman–Crippen MR) is 234 cm³/mol. The molecule has 0 atom stereocenters. The van der Waals surface area contributed by atoms with E-state index in [1.807, 2.05) is 30.3 Å². The van der Waals surface area contributed by atoms with Crippen molar-refractivity contribution in [2.75, 3.05) is 0 Å². The Balaban J connectivity index is 1.05. The van der Waals surface area contributed by atoms with Crippen LogP contribution in [0.4, 0.5) is 0 Å². The summed E-state index contributed by atoms with van der Waals surface area (Å²) in [5.74, 6) is 0. The van der Waals surface area contributed by atoms with E-state index in [1.165, 1.54) is 66.0 Å². The van der Waals surface area contributed by atoms with Gasteiger partial charge in [0.05, 0.1) is 44.5 Å². The summed E-state index contributed by atoms with van der Waals surface area (Å²) in [4.78, 5) is 10.3. The summed E-state index contributed by atoms with van der Waals surface area (Å²) in [7, 11) is 0. The average Bonchev–Trinajstić information content (AvgIpc) is 3.78. The van der Waals surface area contributed by atoms with Crippen molar-refractivity contribution in [2.24, 2.45) is 0 Å². The molecule has 0 unspecified atom stereocenters. The molecule has 0 bridgehead atoms. The number of benzene rings is 8. The van der Waals surface area contributed by atoms with Gasteiger partial charge in [0.15, 0.2) is 0 Å². The van der Waals surface area contributed by atoms with Gasteiger partial charge in [-0.3, -0.25) is 0 Å². The third-order valence-electron chi connectivity index (χ3n) is 11.3. The van der Waals surface area contributed by atoms with Gasteiger partial charge in [-0.15, -0.1) is 0 Å². The molecule has 0 radical (unpaired) electrons. The first-order valence-electron chi connectivity index (χ1n) is 19.3. The monoisotopic (exact) mass is 716 g/mol. The highest BCUT2D eigenvalue weighted by atomic mass is 15.0. The Morgan fingerprint density at radius 2 is 0.804 bits per heavy atom. The molecule has 0 fully saturated rings. The van der Waals surface area contributed by atoms with Crippen LogP contribution >= 0.6 is 0 Å². The van der Waals surface area contributed by atoms with Crippen LogP contribution in [0.1, 0.15) is 12.5 Å². The van der Waals surface area contributed by atoms with E-state index < -0.39 is 0 Å². The van der Waals surface area contributed by atoms with Crippen molar-refractivity contribution in [3.8, 4) is 45.0 Å². The average molecular weight is 717 g/mol. The molecule has 3 aromatic heterocycles. The number of aryl methyl sites for hydroxylation is 1. The Hall–Kier alpha value is -7.30. The molecule has 0 N–H and O–H groups in total. The van der Waals surface area contributed by atoms with Gasteiger partial charge in [0.25, 0.3) is 0 Å². The molecule has 4 nitrogen and oxygen atoms in total. The number of hydrogen-bond donors (Lipinski definition) is 0. The Bertz CT molecular complexity index is 3260. The van der Waals surface area contributed by atoms with Crippen molar-refractivity contribution in [1.82, 2.24) is 19.1 Å². The molecule has 56 heavy (non-hydrogen) atoms. The molecule has 11 rings (SSSR count). The lowest BCUT2D eigenvalue weighted by molar-refractivity contribution is 1.14. The van der Waals surface area contributed by atoms with Crippen LogP contribution in [0.25, 0.3) is 99.7 Å². The van der Waals surface area contributed by atoms with E-state index in [0.29, 0.717) is 0 Å². The number of nitrogens with zero attached hydrogens (tertiary/aromatic N) is 4. The molecule has 0 aliphatic heterocycles. The normalized spacial score (nSPS) is 11.7. The maximum Gasteiger partial charge on any atom is 0.0973 e. The fraction of sp³-hybridized carbons (Fsp3) is 0.0385. The maximum atomic E-state index is 5.15. The van der Waals surface area contributed by atoms with Gasteiger partial charge in [-0.25, -0.2) is 9.97 Å². The number of hydrogen-bond acceptors (Lipinski definition) is 2. The highest BCUT2D eigenvalue weighted by molar-refractivity contribution is 6.13. The van der Waals surface area contributed by atoms with Crippen molar-refractivity contribution >= 4 is 54.6 Å². The summed E-state index contributed by atoms with van der Waals surface area (Å²) < 4.78 is 4.77. The summed E-state index contributed by atoms with van der Waals surface area (Å²) >= 11 is 0. The van der Waals surface area contributed by atoms with E-state index in [2.05, 4.69) is 174 Å². The Labute approximate surface area is 324 Å². The topological polar surface area (TPSA) is 35.6 Å². The minimum Gasteiger partial charge on any atom is -0.309 e. The van der Waals surface area contributed by atoms with Gasteiger partial charge in [-0.1, -0.05) is 116 Å². The van der Waals surface area contributed by atoms with Crippen LogP contribution in [0.3, 0.4) is 0 Å². The smallest absolute Gasteiger partial charge is 0.0973 e. The lowest BCUT2D eigenvalue weighted by atomic mass is 10.00. The second-order valence-electron chi connectivity index (χ2n) is 14.5. The third-order valence-corrected chi connectivity index (χ3v) is 11.3. The summed E-state index contributed by atoms with van der Waals surface area (Å²) in [5, 5.41) is 5.02. The van der Waals surface area contributed by atoms with Crippen molar-refractivity contribution in [3.63, 3.8) is 0 Å². The highest BCUT2D eigenvalue weighted by Gasteiger charge is 2.18. The van der Waals surface area contributed by atoms with E-state index in [4.69, 9.17) is 9.97 Å². The second kappa shape index (κ2) is 12.9. The number of rotatable bonds is 6. The maximum absolute atomic E-state index is 5.15. The van der Waals surface area contributed by atoms with E-state index in [0.717, 1.165) is 45.7 Å². The molecule has 4 heteroatoms. The van der Waals surface area contributed by atoms with Gasteiger partial charge < -0.3 is 9.13 Å². The van der Waals surface area contributed by atoms with Crippen LogP contribution < -0.4 is 0 Å². The molecule has 3 heterocycles. The minimum atomic E-state index is 0.879. The van der Waals surface area contributed by atoms with Crippen LogP contribution in [0.15, 0.2) is 188 Å². The molecule has 0 spiro atoms. The number of para-hydroxylation sites is 4. The molecule has 0 saturated carbocycles. The van der Waals surface area contributed by atoms with Gasteiger partial charge in [-0.05, 0) is 102 Å². The first-order valence-corrected chi connectivity index (χ1v) is 19.3. The van der Waals surface area contributed by atoms with Crippen molar-refractivity contribution < 1.29 is 0 Å². The second-order valence-corrected chi connectivity index (χ2v) is 14.5. The predicted octanol–water partition coefficient (Wildman–Crippen LogP) is 13.4.